The van der Waals surface area contributed by atoms with Crippen molar-refractivity contribution >= 4 is 51.7 Å². The van der Waals surface area contributed by atoms with E-state index in [4.69, 9.17) is 9.72 Å². The van der Waals surface area contributed by atoms with Crippen LogP contribution < -0.4 is 15.0 Å². The molecule has 1 aromatic carbocycles. The highest BCUT2D eigenvalue weighted by Gasteiger charge is 2.27. The normalized spacial score (nSPS) is 17.2. The number of anilines is 3. The lowest BCUT2D eigenvalue weighted by Crippen LogP contribution is -2.50. The van der Waals surface area contributed by atoms with Gasteiger partial charge >= 0.3 is 0 Å². The van der Waals surface area contributed by atoms with Gasteiger partial charge in [-0.05, 0) is 49.8 Å². The molecule has 2 aliphatic heterocycles. The number of carbonyl (C=O) groups is 2. The summed E-state index contributed by atoms with van der Waals surface area (Å²) in [6.07, 6.45) is 3.03. The van der Waals surface area contributed by atoms with Gasteiger partial charge in [0.2, 0.25) is 5.91 Å². The van der Waals surface area contributed by atoms with Crippen LogP contribution in [-0.2, 0) is 4.79 Å². The molecule has 1 N–H and O–H groups in total. The van der Waals surface area contributed by atoms with Gasteiger partial charge in [-0.15, -0.1) is 0 Å². The summed E-state index contributed by atoms with van der Waals surface area (Å²) in [5.74, 6) is 4.25. The van der Waals surface area contributed by atoms with Crippen molar-refractivity contribution in [1.29, 1.82) is 0 Å². The number of ether oxygens (including phenoxy) is 1. The molecule has 2 aromatic heterocycles. The maximum atomic E-state index is 13.5. The number of piperazine rings is 1. The van der Waals surface area contributed by atoms with Crippen LogP contribution in [0.4, 0.5) is 16.8 Å². The number of methoxy groups -OCH3 is 1. The van der Waals surface area contributed by atoms with E-state index in [0.717, 1.165) is 50.3 Å². The van der Waals surface area contributed by atoms with Crippen molar-refractivity contribution in [3.05, 3.63) is 41.3 Å². The first-order valence-corrected chi connectivity index (χ1v) is 16.0. The van der Waals surface area contributed by atoms with Gasteiger partial charge in [-0.3, -0.25) is 9.59 Å². The van der Waals surface area contributed by atoms with E-state index in [-0.39, 0.29) is 11.8 Å². The van der Waals surface area contributed by atoms with Crippen LogP contribution in [-0.4, -0.2) is 82.9 Å². The summed E-state index contributed by atoms with van der Waals surface area (Å²) < 4.78 is 6.58. The summed E-state index contributed by atoms with van der Waals surface area (Å²) in [4.78, 5) is 46.0. The molecular weight excluding hydrogens is 571 g/mol. The summed E-state index contributed by atoms with van der Waals surface area (Å²) in [6, 6.07) is 5.83. The number of nitrogens with one attached hydrogen (secondary N) is 1. The first kappa shape index (κ1) is 30.1. The Morgan fingerprint density at radius 2 is 1.81 bits per heavy atom. The van der Waals surface area contributed by atoms with E-state index in [1.807, 2.05) is 38.2 Å². The van der Waals surface area contributed by atoms with Gasteiger partial charge < -0.3 is 24.8 Å². The van der Waals surface area contributed by atoms with Crippen molar-refractivity contribution in [2.75, 3.05) is 56.6 Å². The lowest BCUT2D eigenvalue weighted by molar-refractivity contribution is -0.130. The number of hydrogen-bond acceptors (Lipinski definition) is 10. The topological polar surface area (TPSA) is 104 Å². The molecule has 0 saturated carbocycles. The Morgan fingerprint density at radius 1 is 1.07 bits per heavy atom. The zero-order valence-corrected chi connectivity index (χ0v) is 26.8. The molecule has 42 heavy (non-hydrogen) atoms. The van der Waals surface area contributed by atoms with E-state index in [0.29, 0.717) is 49.3 Å². The Labute approximate surface area is 255 Å². The fourth-order valence-electron chi connectivity index (χ4n) is 5.40. The maximum Gasteiger partial charge on any atom is 0.257 e. The summed E-state index contributed by atoms with van der Waals surface area (Å²) in [5, 5.41) is 4.12. The van der Waals surface area contributed by atoms with Crippen LogP contribution in [0, 0.1) is 25.7 Å². The summed E-state index contributed by atoms with van der Waals surface area (Å²) in [5.41, 5.74) is 1.54. The van der Waals surface area contributed by atoms with Crippen molar-refractivity contribution in [3.8, 4) is 5.75 Å². The molecule has 1 unspecified atom stereocenters. The number of thiazole rings is 1. The largest absolute Gasteiger partial charge is 0.496 e. The predicted octanol–water partition coefficient (Wildman–Crippen LogP) is 5.24. The number of amides is 2. The van der Waals surface area contributed by atoms with Crippen LogP contribution >= 0.6 is 23.1 Å². The molecule has 0 aliphatic carbocycles. The number of nitrogens with zero attached hydrogens (tertiary/aromatic N) is 6. The van der Waals surface area contributed by atoms with Gasteiger partial charge in [0.05, 0.1) is 23.1 Å². The van der Waals surface area contributed by atoms with Crippen molar-refractivity contribution < 1.29 is 14.3 Å². The predicted molar refractivity (Wildman–Crippen MR) is 167 cm³/mol. The molecule has 12 heteroatoms. The Hall–Kier alpha value is -3.38. The fraction of sp³-hybridized carbons (Fsp3) is 0.500. The van der Waals surface area contributed by atoms with Crippen LogP contribution in [0.1, 0.15) is 48.9 Å². The van der Waals surface area contributed by atoms with Gasteiger partial charge in [-0.25, -0.2) is 15.0 Å². The third-order valence-corrected chi connectivity index (χ3v) is 10.2. The van der Waals surface area contributed by atoms with Gasteiger partial charge in [0, 0.05) is 57.2 Å². The summed E-state index contributed by atoms with van der Waals surface area (Å²) in [6.45, 7) is 14.2. The van der Waals surface area contributed by atoms with Crippen molar-refractivity contribution in [1.82, 2.24) is 24.8 Å². The molecule has 5 rings (SSSR count). The third-order valence-electron chi connectivity index (χ3n) is 7.99. The summed E-state index contributed by atoms with van der Waals surface area (Å²) in [7, 11) is 1.58. The average molecular weight is 610 g/mol. The molecule has 2 saturated heterocycles. The van der Waals surface area contributed by atoms with Crippen LogP contribution in [0.5, 0.6) is 5.75 Å². The molecule has 10 nitrogen and oxygen atoms in total. The Balaban J connectivity index is 1.29. The van der Waals surface area contributed by atoms with E-state index in [2.05, 4.69) is 34.0 Å². The van der Waals surface area contributed by atoms with Crippen LogP contribution in [0.2, 0.25) is 0 Å². The second-order valence-corrected chi connectivity index (χ2v) is 13.6. The molecule has 1 atom stereocenters. The minimum Gasteiger partial charge on any atom is -0.496 e. The number of hydrogen-bond donors (Lipinski definition) is 1. The minimum absolute atomic E-state index is 0.0359. The molecule has 2 aliphatic rings. The average Bonchev–Trinajstić information content (AvgIpc) is 3.63. The monoisotopic (exact) mass is 609 g/mol. The first-order valence-electron chi connectivity index (χ1n) is 14.4. The van der Waals surface area contributed by atoms with Crippen LogP contribution in [0.3, 0.4) is 0 Å². The number of benzene rings is 1. The minimum atomic E-state index is -0.0868. The first-order chi connectivity index (χ1) is 20.1. The number of aryl methyl sites for hydroxylation is 2. The smallest absolute Gasteiger partial charge is 0.257 e. The molecule has 0 radical (unpaired) electrons. The number of aromatic nitrogens is 3. The van der Waals surface area contributed by atoms with Gasteiger partial charge in [0.1, 0.15) is 23.2 Å². The molecular formula is C30H39N7O3S2. The lowest BCUT2D eigenvalue weighted by atomic mass is 9.95. The van der Waals surface area contributed by atoms with Crippen molar-refractivity contribution in [2.45, 2.75) is 50.1 Å². The second-order valence-electron chi connectivity index (χ2n) is 11.2. The Morgan fingerprint density at radius 3 is 2.48 bits per heavy atom. The number of rotatable bonds is 8. The fourth-order valence-corrected chi connectivity index (χ4v) is 7.35. The Kier molecular flexibility index (Phi) is 9.22. The quantitative estimate of drug-likeness (QED) is 0.367. The van der Waals surface area contributed by atoms with E-state index >= 15 is 0 Å². The van der Waals surface area contributed by atoms with Crippen LogP contribution in [0.15, 0.2) is 33.5 Å². The van der Waals surface area contributed by atoms with Gasteiger partial charge in [-0.1, -0.05) is 36.9 Å². The molecule has 3 aromatic rings. The molecule has 0 spiro atoms. The molecule has 2 amide bonds. The van der Waals surface area contributed by atoms with E-state index < -0.39 is 0 Å². The molecule has 2 fully saturated rings. The van der Waals surface area contributed by atoms with E-state index in [1.165, 1.54) is 17.8 Å². The standard InChI is InChI=1S/C30H39N7O3S2/c1-18(2)22-7-8-37(17-22)27-15-26(32-20(4)33-27)34-30-31-16-28(42-30)41-25-14-23(24(40-6)13-19(25)3)29(39)36-11-9-35(10-12-36)21(5)38/h13-16,18,22H,7-12,17H2,1-6H3,(H,31,32,33,34). The summed E-state index contributed by atoms with van der Waals surface area (Å²) >= 11 is 3.11. The highest BCUT2D eigenvalue weighted by Crippen LogP contribution is 2.39. The zero-order chi connectivity index (χ0) is 30.0. The second kappa shape index (κ2) is 12.9. The van der Waals surface area contributed by atoms with Crippen molar-refractivity contribution in [3.63, 3.8) is 0 Å². The van der Waals surface area contributed by atoms with Gasteiger partial charge in [0.15, 0.2) is 5.13 Å². The zero-order valence-electron chi connectivity index (χ0n) is 25.1. The molecule has 0 bridgehead atoms. The Bertz CT molecular complexity index is 1450. The maximum absolute atomic E-state index is 13.5. The number of carbonyl (C=O) groups excluding carboxylic acids is 2. The SMILES string of the molecule is COc1cc(C)c(Sc2cnc(Nc3cc(N4CCC(C(C)C)C4)nc(C)n3)s2)cc1C(=O)N1CCN(C(C)=O)CC1. The molecule has 224 valence electrons. The third kappa shape index (κ3) is 6.81. The van der Waals surface area contributed by atoms with E-state index in [1.54, 1.807) is 35.6 Å². The molecule has 4 heterocycles. The highest BCUT2D eigenvalue weighted by molar-refractivity contribution is 8.01. The van der Waals surface area contributed by atoms with Gasteiger partial charge in [0.25, 0.3) is 5.91 Å². The highest BCUT2D eigenvalue weighted by atomic mass is 32.2. The van der Waals surface area contributed by atoms with Crippen LogP contribution in [0.25, 0.3) is 0 Å². The van der Waals surface area contributed by atoms with E-state index in [9.17, 15) is 9.59 Å². The van der Waals surface area contributed by atoms with Gasteiger partial charge in [-0.2, -0.15) is 0 Å². The van der Waals surface area contributed by atoms with Crippen molar-refractivity contribution in [2.24, 2.45) is 11.8 Å². The lowest BCUT2D eigenvalue weighted by Gasteiger charge is -2.34.